The van der Waals surface area contributed by atoms with Crippen LogP contribution in [0, 0.1) is 10.1 Å². The Hall–Kier alpha value is -4.33. The van der Waals surface area contributed by atoms with E-state index in [2.05, 4.69) is 15.6 Å². The quantitative estimate of drug-likeness (QED) is 0.378. The number of anilines is 2. The maximum Gasteiger partial charge on any atom is 0.276 e. The van der Waals surface area contributed by atoms with Crippen molar-refractivity contribution in [1.29, 1.82) is 0 Å². The van der Waals surface area contributed by atoms with E-state index in [0.717, 1.165) is 0 Å². The van der Waals surface area contributed by atoms with E-state index in [1.165, 1.54) is 24.4 Å². The minimum Gasteiger partial charge on any atom is -0.322 e. The molecule has 3 aromatic rings. The van der Waals surface area contributed by atoms with Crippen LogP contribution in [0.25, 0.3) is 6.08 Å². The van der Waals surface area contributed by atoms with Crippen molar-refractivity contribution in [2.75, 3.05) is 10.6 Å². The van der Waals surface area contributed by atoms with Crippen LogP contribution in [-0.2, 0) is 4.79 Å². The Bertz CT molecular complexity index is 1080. The minimum absolute atomic E-state index is 0.0864. The molecule has 8 heteroatoms. The Morgan fingerprint density at radius 3 is 2.45 bits per heavy atom. The summed E-state index contributed by atoms with van der Waals surface area (Å²) in [7, 11) is 0. The molecular weight excluding hydrogens is 372 g/mol. The fourth-order valence-corrected chi connectivity index (χ4v) is 2.52. The molecule has 0 aliphatic heterocycles. The highest BCUT2D eigenvalue weighted by atomic mass is 16.6. The summed E-state index contributed by atoms with van der Waals surface area (Å²) in [5.41, 5.74) is 1.61. The molecule has 1 aromatic heterocycles. The van der Waals surface area contributed by atoms with Crippen molar-refractivity contribution in [2.24, 2.45) is 0 Å². The molecule has 0 aliphatic rings. The minimum atomic E-state index is -0.508. The Labute approximate surface area is 166 Å². The van der Waals surface area contributed by atoms with E-state index in [9.17, 15) is 19.7 Å². The largest absolute Gasteiger partial charge is 0.322 e. The van der Waals surface area contributed by atoms with Gasteiger partial charge in [0.1, 0.15) is 0 Å². The smallest absolute Gasteiger partial charge is 0.276 e. The SMILES string of the molecule is O=C(/C=C/c1ccccc1[N+](=O)[O-])Nc1cccc(NC(=O)c2cccnc2)c1. The van der Waals surface area contributed by atoms with E-state index in [1.54, 1.807) is 60.8 Å². The number of hydrogen-bond donors (Lipinski definition) is 2. The molecule has 2 aromatic carbocycles. The van der Waals surface area contributed by atoms with Crippen LogP contribution in [0.3, 0.4) is 0 Å². The van der Waals surface area contributed by atoms with E-state index >= 15 is 0 Å². The maximum atomic E-state index is 12.2. The van der Waals surface area contributed by atoms with Crippen LogP contribution in [0.15, 0.2) is 79.1 Å². The molecule has 0 bridgehead atoms. The van der Waals surface area contributed by atoms with E-state index < -0.39 is 10.8 Å². The summed E-state index contributed by atoms with van der Waals surface area (Å²) in [6.45, 7) is 0. The molecule has 3 rings (SSSR count). The third-order valence-corrected chi connectivity index (χ3v) is 3.86. The number of rotatable bonds is 6. The lowest BCUT2D eigenvalue weighted by molar-refractivity contribution is -0.385. The summed E-state index contributed by atoms with van der Waals surface area (Å²) < 4.78 is 0. The summed E-state index contributed by atoms with van der Waals surface area (Å²) in [5, 5.41) is 16.4. The van der Waals surface area contributed by atoms with E-state index in [1.807, 2.05) is 0 Å². The van der Waals surface area contributed by atoms with Crippen molar-refractivity contribution in [1.82, 2.24) is 4.98 Å². The average Bonchev–Trinajstić information content (AvgIpc) is 2.73. The molecule has 0 fully saturated rings. The number of carbonyl (C=O) groups is 2. The van der Waals surface area contributed by atoms with Crippen LogP contribution in [0.4, 0.5) is 17.1 Å². The monoisotopic (exact) mass is 388 g/mol. The van der Waals surface area contributed by atoms with Gasteiger partial charge in [-0.25, -0.2) is 0 Å². The van der Waals surface area contributed by atoms with Crippen LogP contribution in [0.2, 0.25) is 0 Å². The number of amides is 2. The first-order valence-corrected chi connectivity index (χ1v) is 8.57. The van der Waals surface area contributed by atoms with Crippen LogP contribution in [0.5, 0.6) is 0 Å². The molecule has 1 heterocycles. The fraction of sp³-hybridized carbons (Fsp3) is 0. The molecule has 0 saturated carbocycles. The van der Waals surface area contributed by atoms with Crippen molar-refractivity contribution in [2.45, 2.75) is 0 Å². The Morgan fingerprint density at radius 2 is 1.72 bits per heavy atom. The first kappa shape index (κ1) is 19.4. The normalized spacial score (nSPS) is 10.5. The Balaban J connectivity index is 1.66. The van der Waals surface area contributed by atoms with Crippen molar-refractivity contribution in [3.63, 3.8) is 0 Å². The second kappa shape index (κ2) is 9.05. The molecule has 0 unspecified atom stereocenters. The lowest BCUT2D eigenvalue weighted by Crippen LogP contribution is -2.13. The number of nitrogens with zero attached hydrogens (tertiary/aromatic N) is 2. The molecular formula is C21H16N4O4. The highest BCUT2D eigenvalue weighted by molar-refractivity contribution is 6.05. The fourth-order valence-electron chi connectivity index (χ4n) is 2.52. The van der Waals surface area contributed by atoms with Gasteiger partial charge in [0.2, 0.25) is 5.91 Å². The van der Waals surface area contributed by atoms with Gasteiger partial charge in [-0.1, -0.05) is 18.2 Å². The highest BCUT2D eigenvalue weighted by Crippen LogP contribution is 2.19. The molecule has 0 aliphatic carbocycles. The van der Waals surface area contributed by atoms with Crippen molar-refractivity contribution in [3.05, 3.63) is 100 Å². The van der Waals surface area contributed by atoms with Crippen LogP contribution in [-0.4, -0.2) is 21.7 Å². The summed E-state index contributed by atoms with van der Waals surface area (Å²) in [5.74, 6) is -0.781. The molecule has 2 amide bonds. The predicted octanol–water partition coefficient (Wildman–Crippen LogP) is 3.89. The van der Waals surface area contributed by atoms with Gasteiger partial charge >= 0.3 is 0 Å². The van der Waals surface area contributed by atoms with E-state index in [4.69, 9.17) is 0 Å². The second-order valence-electron chi connectivity index (χ2n) is 5.92. The molecule has 0 spiro atoms. The first-order valence-electron chi connectivity index (χ1n) is 8.57. The number of nitro benzene ring substituents is 1. The predicted molar refractivity (Wildman–Crippen MR) is 109 cm³/mol. The van der Waals surface area contributed by atoms with E-state index in [0.29, 0.717) is 22.5 Å². The topological polar surface area (TPSA) is 114 Å². The number of nitrogens with one attached hydrogen (secondary N) is 2. The molecule has 8 nitrogen and oxygen atoms in total. The van der Waals surface area contributed by atoms with Crippen molar-refractivity contribution < 1.29 is 14.5 Å². The van der Waals surface area contributed by atoms with Crippen LogP contribution in [0.1, 0.15) is 15.9 Å². The van der Waals surface area contributed by atoms with Gasteiger partial charge < -0.3 is 10.6 Å². The Morgan fingerprint density at radius 1 is 0.966 bits per heavy atom. The zero-order chi connectivity index (χ0) is 20.6. The zero-order valence-electron chi connectivity index (χ0n) is 15.1. The maximum absolute atomic E-state index is 12.2. The lowest BCUT2D eigenvalue weighted by atomic mass is 10.1. The van der Waals surface area contributed by atoms with Gasteiger partial charge in [-0.2, -0.15) is 0 Å². The second-order valence-corrected chi connectivity index (χ2v) is 5.92. The van der Waals surface area contributed by atoms with Crippen molar-refractivity contribution >= 4 is 35.0 Å². The number of carbonyl (C=O) groups excluding carboxylic acids is 2. The zero-order valence-corrected chi connectivity index (χ0v) is 15.1. The summed E-state index contributed by atoms with van der Waals surface area (Å²) >= 11 is 0. The van der Waals surface area contributed by atoms with Crippen molar-refractivity contribution in [3.8, 4) is 0 Å². The Kier molecular flexibility index (Phi) is 6.06. The van der Waals surface area contributed by atoms with Gasteiger partial charge in [0.15, 0.2) is 0 Å². The highest BCUT2D eigenvalue weighted by Gasteiger charge is 2.10. The summed E-state index contributed by atoms with van der Waals surface area (Å²) in [4.78, 5) is 38.8. The van der Waals surface area contributed by atoms with Gasteiger partial charge in [-0.15, -0.1) is 0 Å². The number of nitro groups is 1. The van der Waals surface area contributed by atoms with Gasteiger partial charge in [0.25, 0.3) is 11.6 Å². The average molecular weight is 388 g/mol. The summed E-state index contributed by atoms with van der Waals surface area (Å²) in [6, 6.07) is 16.1. The standard InChI is InChI=1S/C21H16N4O4/c26-20(11-10-15-5-1-2-9-19(15)25(28)29)23-17-7-3-8-18(13-17)24-21(27)16-6-4-12-22-14-16/h1-14H,(H,23,26)(H,24,27)/b11-10+. The molecule has 144 valence electrons. The molecule has 0 atom stereocenters. The van der Waals surface area contributed by atoms with Crippen LogP contribution >= 0.6 is 0 Å². The number of benzene rings is 2. The van der Waals surface area contributed by atoms with Gasteiger partial charge in [-0.3, -0.25) is 24.7 Å². The molecule has 0 saturated heterocycles. The number of pyridine rings is 1. The molecule has 2 N–H and O–H groups in total. The molecule has 0 radical (unpaired) electrons. The van der Waals surface area contributed by atoms with E-state index in [-0.39, 0.29) is 11.6 Å². The van der Waals surface area contributed by atoms with Gasteiger partial charge in [0.05, 0.1) is 16.1 Å². The summed E-state index contributed by atoms with van der Waals surface area (Å²) in [6.07, 6.45) is 5.61. The number of hydrogen-bond acceptors (Lipinski definition) is 5. The number of para-hydroxylation sites is 1. The number of aromatic nitrogens is 1. The third-order valence-electron chi connectivity index (χ3n) is 3.86. The first-order chi connectivity index (χ1) is 14.0. The van der Waals surface area contributed by atoms with Gasteiger partial charge in [0, 0.05) is 35.9 Å². The van der Waals surface area contributed by atoms with Crippen LogP contribution < -0.4 is 10.6 Å². The third kappa shape index (κ3) is 5.33. The lowest BCUT2D eigenvalue weighted by Gasteiger charge is -2.08. The van der Waals surface area contributed by atoms with Gasteiger partial charge in [-0.05, 0) is 42.5 Å². The molecule has 29 heavy (non-hydrogen) atoms.